The first kappa shape index (κ1) is 9.70. The highest BCUT2D eigenvalue weighted by Gasteiger charge is 2.19. The monoisotopic (exact) mass is 182 g/mol. The molecule has 0 saturated carbocycles. The molecule has 1 aromatic heterocycles. The van der Waals surface area contributed by atoms with E-state index in [1.54, 1.807) is 17.2 Å². The summed E-state index contributed by atoms with van der Waals surface area (Å²) < 4.78 is 1.76. The quantitative estimate of drug-likeness (QED) is 0.424. The fraction of sp³-hybridized carbons (Fsp3) is 0.625. The average molecular weight is 182 g/mol. The minimum Gasteiger partial charge on any atom is -0.411 e. The minimum absolute atomic E-state index is 0.140. The zero-order chi connectivity index (χ0) is 9.90. The van der Waals surface area contributed by atoms with Crippen LogP contribution in [0.3, 0.4) is 0 Å². The second-order valence-corrected chi connectivity index (χ2v) is 3.93. The molecule has 1 N–H and O–H groups in total. The third-order valence-electron chi connectivity index (χ3n) is 1.79. The second kappa shape index (κ2) is 3.55. The first-order valence-corrected chi connectivity index (χ1v) is 4.08. The summed E-state index contributed by atoms with van der Waals surface area (Å²) >= 11 is 0. The summed E-state index contributed by atoms with van der Waals surface area (Å²) in [7, 11) is 0. The molecule has 0 fully saturated rings. The number of hydrogen-bond donors (Lipinski definition) is 1. The Hall–Kier alpha value is -1.39. The van der Waals surface area contributed by atoms with Crippen molar-refractivity contribution >= 4 is 5.71 Å². The molecule has 13 heavy (non-hydrogen) atoms. The summed E-state index contributed by atoms with van der Waals surface area (Å²) in [5.74, 6) is 0. The van der Waals surface area contributed by atoms with E-state index in [1.165, 1.54) is 0 Å². The maximum atomic E-state index is 8.79. The van der Waals surface area contributed by atoms with E-state index in [-0.39, 0.29) is 5.41 Å². The van der Waals surface area contributed by atoms with E-state index < -0.39 is 0 Å². The predicted molar refractivity (Wildman–Crippen MR) is 48.7 cm³/mol. The molecule has 0 unspecified atom stereocenters. The molecular formula is C8H14N4O. The predicted octanol–water partition coefficient (Wildman–Crippen LogP) is 1.15. The molecule has 0 saturated heterocycles. The van der Waals surface area contributed by atoms with Gasteiger partial charge in [0.05, 0.1) is 12.3 Å². The van der Waals surface area contributed by atoms with Crippen LogP contribution in [0.5, 0.6) is 0 Å². The second-order valence-electron chi connectivity index (χ2n) is 3.93. The number of nitrogens with zero attached hydrogens (tertiary/aromatic N) is 4. The van der Waals surface area contributed by atoms with Crippen LogP contribution in [0.4, 0.5) is 0 Å². The zero-order valence-electron chi connectivity index (χ0n) is 8.10. The molecule has 0 amide bonds. The van der Waals surface area contributed by atoms with Crippen LogP contribution in [0.2, 0.25) is 0 Å². The van der Waals surface area contributed by atoms with Crippen LogP contribution in [0.1, 0.15) is 20.8 Å². The van der Waals surface area contributed by atoms with Gasteiger partial charge in [0, 0.05) is 5.41 Å². The van der Waals surface area contributed by atoms with Gasteiger partial charge in [0.2, 0.25) is 0 Å². The Morgan fingerprint density at radius 3 is 2.31 bits per heavy atom. The van der Waals surface area contributed by atoms with Crippen molar-refractivity contribution in [3.63, 3.8) is 0 Å². The Morgan fingerprint density at radius 2 is 1.92 bits per heavy atom. The highest BCUT2D eigenvalue weighted by atomic mass is 16.4. The van der Waals surface area contributed by atoms with E-state index in [1.807, 2.05) is 20.8 Å². The lowest BCUT2D eigenvalue weighted by molar-refractivity contribution is 0.308. The Kier molecular flexibility index (Phi) is 2.65. The van der Waals surface area contributed by atoms with Crippen molar-refractivity contribution in [2.75, 3.05) is 0 Å². The van der Waals surface area contributed by atoms with Crippen molar-refractivity contribution in [1.29, 1.82) is 0 Å². The van der Waals surface area contributed by atoms with E-state index >= 15 is 0 Å². The molecule has 0 spiro atoms. The number of oxime groups is 1. The molecule has 5 heteroatoms. The van der Waals surface area contributed by atoms with Crippen LogP contribution in [0.15, 0.2) is 17.8 Å². The van der Waals surface area contributed by atoms with E-state index in [4.69, 9.17) is 5.21 Å². The summed E-state index contributed by atoms with van der Waals surface area (Å²) in [6.07, 6.45) is 3.19. The normalized spacial score (nSPS) is 13.3. The van der Waals surface area contributed by atoms with E-state index in [0.717, 1.165) is 0 Å². The molecule has 1 rings (SSSR count). The van der Waals surface area contributed by atoms with Crippen molar-refractivity contribution < 1.29 is 5.21 Å². The Labute approximate surface area is 77.1 Å². The van der Waals surface area contributed by atoms with Crippen molar-refractivity contribution in [3.8, 4) is 0 Å². The molecular weight excluding hydrogens is 168 g/mol. The smallest absolute Gasteiger partial charge is 0.119 e. The van der Waals surface area contributed by atoms with E-state index in [2.05, 4.69) is 15.4 Å². The van der Waals surface area contributed by atoms with Crippen molar-refractivity contribution in [1.82, 2.24) is 14.8 Å². The molecule has 1 aromatic rings. The molecule has 0 aromatic carbocycles. The molecule has 0 radical (unpaired) electrons. The highest BCUT2D eigenvalue weighted by Crippen LogP contribution is 2.16. The van der Waals surface area contributed by atoms with Gasteiger partial charge in [0.15, 0.2) is 0 Å². The van der Waals surface area contributed by atoms with Gasteiger partial charge >= 0.3 is 0 Å². The fourth-order valence-corrected chi connectivity index (χ4v) is 0.895. The topological polar surface area (TPSA) is 63.3 Å². The van der Waals surface area contributed by atoms with Gasteiger partial charge in [-0.15, -0.1) is 10.2 Å². The molecule has 0 aliphatic heterocycles. The third kappa shape index (κ3) is 2.54. The van der Waals surface area contributed by atoms with Gasteiger partial charge in [-0.05, 0) is 0 Å². The maximum absolute atomic E-state index is 8.79. The SMILES string of the molecule is CC(C)(C)C(Cn1cnnc1)=NO. The van der Waals surface area contributed by atoms with Crippen LogP contribution in [-0.4, -0.2) is 25.7 Å². The van der Waals surface area contributed by atoms with Crippen molar-refractivity contribution in [2.45, 2.75) is 27.3 Å². The third-order valence-corrected chi connectivity index (χ3v) is 1.79. The van der Waals surface area contributed by atoms with Gasteiger partial charge in [0.25, 0.3) is 0 Å². The molecule has 0 aliphatic carbocycles. The fourth-order valence-electron chi connectivity index (χ4n) is 0.895. The molecule has 0 bridgehead atoms. The summed E-state index contributed by atoms with van der Waals surface area (Å²) in [6.45, 7) is 6.50. The lowest BCUT2D eigenvalue weighted by atomic mass is 9.90. The summed E-state index contributed by atoms with van der Waals surface area (Å²) in [6, 6.07) is 0. The summed E-state index contributed by atoms with van der Waals surface area (Å²) in [5.41, 5.74) is 0.561. The number of aromatic nitrogens is 3. The average Bonchev–Trinajstić information content (AvgIpc) is 2.49. The first-order chi connectivity index (χ1) is 6.04. The Bertz CT molecular complexity index is 284. The van der Waals surface area contributed by atoms with Crippen molar-refractivity contribution in [3.05, 3.63) is 12.7 Å². The van der Waals surface area contributed by atoms with Crippen LogP contribution in [0, 0.1) is 5.41 Å². The maximum Gasteiger partial charge on any atom is 0.119 e. The lowest BCUT2D eigenvalue weighted by Gasteiger charge is -2.19. The largest absolute Gasteiger partial charge is 0.411 e. The lowest BCUT2D eigenvalue weighted by Crippen LogP contribution is -2.25. The molecule has 1 heterocycles. The Morgan fingerprint density at radius 1 is 1.38 bits per heavy atom. The van der Waals surface area contributed by atoms with Gasteiger partial charge in [-0.1, -0.05) is 25.9 Å². The standard InChI is InChI=1S/C8H14N4O/c1-8(2,3)7(11-13)4-12-5-9-10-6-12/h5-6,13H,4H2,1-3H3. The van der Waals surface area contributed by atoms with Crippen LogP contribution in [-0.2, 0) is 6.54 Å². The van der Waals surface area contributed by atoms with Gasteiger partial charge in [-0.2, -0.15) is 0 Å². The number of hydrogen-bond acceptors (Lipinski definition) is 4. The molecule has 72 valence electrons. The van der Waals surface area contributed by atoms with Crippen LogP contribution < -0.4 is 0 Å². The van der Waals surface area contributed by atoms with Crippen molar-refractivity contribution in [2.24, 2.45) is 10.6 Å². The van der Waals surface area contributed by atoms with Gasteiger partial charge in [-0.25, -0.2) is 0 Å². The van der Waals surface area contributed by atoms with E-state index in [0.29, 0.717) is 12.3 Å². The summed E-state index contributed by atoms with van der Waals surface area (Å²) in [4.78, 5) is 0. The van der Waals surface area contributed by atoms with Gasteiger partial charge in [0.1, 0.15) is 12.7 Å². The molecule has 0 aliphatic rings. The number of rotatable bonds is 2. The minimum atomic E-state index is -0.140. The molecule has 5 nitrogen and oxygen atoms in total. The summed E-state index contributed by atoms with van der Waals surface area (Å²) in [5, 5.41) is 19.4. The van der Waals surface area contributed by atoms with Gasteiger partial charge < -0.3 is 9.77 Å². The van der Waals surface area contributed by atoms with E-state index in [9.17, 15) is 0 Å². The Balaban J connectivity index is 2.73. The van der Waals surface area contributed by atoms with Crippen LogP contribution >= 0.6 is 0 Å². The van der Waals surface area contributed by atoms with Gasteiger partial charge in [-0.3, -0.25) is 0 Å². The molecule has 0 atom stereocenters. The first-order valence-electron chi connectivity index (χ1n) is 4.08. The zero-order valence-corrected chi connectivity index (χ0v) is 8.10. The van der Waals surface area contributed by atoms with Crippen LogP contribution in [0.25, 0.3) is 0 Å². The highest BCUT2D eigenvalue weighted by molar-refractivity contribution is 5.88.